The zero-order valence-corrected chi connectivity index (χ0v) is 14.6. The van der Waals surface area contributed by atoms with E-state index in [9.17, 15) is 13.2 Å². The van der Waals surface area contributed by atoms with Gasteiger partial charge in [0.15, 0.2) is 17.8 Å². The van der Waals surface area contributed by atoms with Gasteiger partial charge in [0.2, 0.25) is 0 Å². The van der Waals surface area contributed by atoms with E-state index in [0.29, 0.717) is 41.2 Å². The maximum Gasteiger partial charge on any atom is 0.573 e. The standard InChI is InChI=1S/C19H20F3O4/c1-12-5-3-6-14(18(12)26-19(20,21)22)13-8-9-15(23-2)16(11-13)25-17-7-4-10-24-17/h3,5,8-9,11,17H,4,6-7,10H2,1-2H3. The molecule has 0 spiro atoms. The van der Waals surface area contributed by atoms with Crippen molar-refractivity contribution in [1.29, 1.82) is 0 Å². The molecule has 2 aliphatic rings. The molecule has 1 fully saturated rings. The second kappa shape index (κ2) is 7.61. The van der Waals surface area contributed by atoms with E-state index in [2.05, 4.69) is 4.74 Å². The van der Waals surface area contributed by atoms with Crippen LogP contribution in [-0.2, 0) is 9.47 Å². The molecule has 1 saturated heterocycles. The molecule has 3 rings (SSSR count). The summed E-state index contributed by atoms with van der Waals surface area (Å²) in [4.78, 5) is 0. The van der Waals surface area contributed by atoms with Crippen molar-refractivity contribution in [2.45, 2.75) is 38.8 Å². The summed E-state index contributed by atoms with van der Waals surface area (Å²) in [5.41, 5.74) is 1.45. The van der Waals surface area contributed by atoms with Gasteiger partial charge in [-0.2, -0.15) is 0 Å². The Balaban J connectivity index is 1.97. The van der Waals surface area contributed by atoms with Gasteiger partial charge in [-0.05, 0) is 49.5 Å². The minimum Gasteiger partial charge on any atom is -0.493 e. The Morgan fingerprint density at radius 1 is 1.19 bits per heavy atom. The number of alkyl halides is 3. The molecule has 1 aromatic carbocycles. The molecular formula is C19H20F3O4. The average molecular weight is 369 g/mol. The summed E-state index contributed by atoms with van der Waals surface area (Å²) >= 11 is 0. The Bertz CT molecular complexity index is 716. The monoisotopic (exact) mass is 369 g/mol. The highest BCUT2D eigenvalue weighted by Gasteiger charge is 2.34. The maximum atomic E-state index is 12.8. The highest BCUT2D eigenvalue weighted by molar-refractivity contribution is 5.75. The minimum atomic E-state index is -4.75. The van der Waals surface area contributed by atoms with Crippen molar-refractivity contribution >= 4 is 5.57 Å². The van der Waals surface area contributed by atoms with Crippen LogP contribution in [0, 0.1) is 6.42 Å². The highest BCUT2D eigenvalue weighted by Crippen LogP contribution is 2.39. The number of methoxy groups -OCH3 is 1. The fraction of sp³-hybridized carbons (Fsp3) is 0.421. The Morgan fingerprint density at radius 3 is 2.65 bits per heavy atom. The normalized spacial score (nSPS) is 20.8. The van der Waals surface area contributed by atoms with Crippen molar-refractivity contribution in [2.75, 3.05) is 13.7 Å². The van der Waals surface area contributed by atoms with E-state index in [1.54, 1.807) is 37.6 Å². The summed E-state index contributed by atoms with van der Waals surface area (Å²) in [6.45, 7) is 2.21. The Hall–Kier alpha value is -2.15. The highest BCUT2D eigenvalue weighted by atomic mass is 19.4. The van der Waals surface area contributed by atoms with E-state index in [1.807, 2.05) is 0 Å². The molecule has 4 nitrogen and oxygen atoms in total. The van der Waals surface area contributed by atoms with Crippen LogP contribution in [0.1, 0.15) is 31.7 Å². The van der Waals surface area contributed by atoms with Crippen LogP contribution in [0.15, 0.2) is 35.6 Å². The van der Waals surface area contributed by atoms with Gasteiger partial charge in [0.1, 0.15) is 5.76 Å². The average Bonchev–Trinajstić information content (AvgIpc) is 3.08. The van der Waals surface area contributed by atoms with E-state index in [1.165, 1.54) is 7.11 Å². The molecule has 1 heterocycles. The number of hydrogen-bond acceptors (Lipinski definition) is 4. The Morgan fingerprint density at radius 2 is 2.00 bits per heavy atom. The molecule has 0 N–H and O–H groups in total. The maximum absolute atomic E-state index is 12.8. The van der Waals surface area contributed by atoms with Gasteiger partial charge in [0.05, 0.1) is 13.7 Å². The summed E-state index contributed by atoms with van der Waals surface area (Å²) in [6, 6.07) is 5.04. The van der Waals surface area contributed by atoms with Crippen molar-refractivity contribution in [3.05, 3.63) is 47.6 Å². The fourth-order valence-corrected chi connectivity index (χ4v) is 3.01. The molecule has 141 valence electrons. The van der Waals surface area contributed by atoms with Gasteiger partial charge >= 0.3 is 6.36 Å². The predicted molar refractivity (Wildman–Crippen MR) is 89.3 cm³/mol. The van der Waals surface area contributed by atoms with Gasteiger partial charge in [-0.3, -0.25) is 0 Å². The first-order valence-electron chi connectivity index (χ1n) is 8.33. The summed E-state index contributed by atoms with van der Waals surface area (Å²) in [6.07, 6.45) is 0.286. The first-order chi connectivity index (χ1) is 12.4. The Labute approximate surface area is 150 Å². The van der Waals surface area contributed by atoms with Gasteiger partial charge in [0.25, 0.3) is 0 Å². The molecule has 0 bridgehead atoms. The van der Waals surface area contributed by atoms with E-state index in [0.717, 1.165) is 12.8 Å². The second-order valence-corrected chi connectivity index (χ2v) is 6.07. The third-order valence-electron chi connectivity index (χ3n) is 4.20. The Kier molecular flexibility index (Phi) is 5.46. The molecule has 0 saturated carbocycles. The number of hydrogen-bond donors (Lipinski definition) is 0. The third kappa shape index (κ3) is 4.33. The van der Waals surface area contributed by atoms with Crippen LogP contribution in [0.4, 0.5) is 13.2 Å². The first kappa shape index (κ1) is 18.6. The molecule has 1 aliphatic carbocycles. The van der Waals surface area contributed by atoms with Crippen LogP contribution >= 0.6 is 0 Å². The van der Waals surface area contributed by atoms with Gasteiger partial charge in [-0.15, -0.1) is 13.2 Å². The molecule has 1 aromatic rings. The number of benzene rings is 1. The van der Waals surface area contributed by atoms with Gasteiger partial charge in [-0.1, -0.05) is 12.1 Å². The molecular weight excluding hydrogens is 349 g/mol. The van der Waals surface area contributed by atoms with Crippen LogP contribution in [0.2, 0.25) is 0 Å². The van der Waals surface area contributed by atoms with Crippen LogP contribution in [0.3, 0.4) is 0 Å². The largest absolute Gasteiger partial charge is 0.573 e. The predicted octanol–water partition coefficient (Wildman–Crippen LogP) is 5.01. The zero-order chi connectivity index (χ0) is 18.7. The smallest absolute Gasteiger partial charge is 0.493 e. The number of halogens is 3. The number of allylic oxidation sites excluding steroid dienone is 3. The van der Waals surface area contributed by atoms with Crippen molar-refractivity contribution < 1.29 is 32.1 Å². The lowest BCUT2D eigenvalue weighted by Gasteiger charge is -2.23. The summed E-state index contributed by atoms with van der Waals surface area (Å²) in [5.74, 6) is 0.756. The fourth-order valence-electron chi connectivity index (χ4n) is 3.01. The minimum absolute atomic E-state index is 0.173. The van der Waals surface area contributed by atoms with Crippen LogP contribution < -0.4 is 9.47 Å². The van der Waals surface area contributed by atoms with E-state index in [-0.39, 0.29) is 12.0 Å². The molecule has 0 amide bonds. The lowest BCUT2D eigenvalue weighted by atomic mass is 9.92. The van der Waals surface area contributed by atoms with Gasteiger partial charge in [-0.25, -0.2) is 0 Å². The topological polar surface area (TPSA) is 36.9 Å². The van der Waals surface area contributed by atoms with Gasteiger partial charge < -0.3 is 18.9 Å². The molecule has 1 unspecified atom stereocenters. The third-order valence-corrected chi connectivity index (χ3v) is 4.20. The summed E-state index contributed by atoms with van der Waals surface area (Å²) in [7, 11) is 1.51. The van der Waals surface area contributed by atoms with Gasteiger partial charge in [0, 0.05) is 12.0 Å². The molecule has 26 heavy (non-hydrogen) atoms. The van der Waals surface area contributed by atoms with Crippen LogP contribution in [-0.4, -0.2) is 26.4 Å². The van der Waals surface area contributed by atoms with E-state index >= 15 is 0 Å². The van der Waals surface area contributed by atoms with E-state index < -0.39 is 6.36 Å². The summed E-state index contributed by atoms with van der Waals surface area (Å²) < 4.78 is 59.3. The van der Waals surface area contributed by atoms with Crippen LogP contribution in [0.5, 0.6) is 11.5 Å². The quantitative estimate of drug-likeness (QED) is 0.731. The lowest BCUT2D eigenvalue weighted by molar-refractivity contribution is -0.303. The molecule has 1 aliphatic heterocycles. The molecule has 1 radical (unpaired) electrons. The summed E-state index contributed by atoms with van der Waals surface area (Å²) in [5, 5.41) is 0. The lowest BCUT2D eigenvalue weighted by Crippen LogP contribution is -2.16. The molecule has 1 atom stereocenters. The van der Waals surface area contributed by atoms with Crippen molar-refractivity contribution in [3.63, 3.8) is 0 Å². The number of rotatable bonds is 5. The molecule has 7 heteroatoms. The van der Waals surface area contributed by atoms with Crippen LogP contribution in [0.25, 0.3) is 5.57 Å². The van der Waals surface area contributed by atoms with E-state index in [4.69, 9.17) is 14.2 Å². The van der Waals surface area contributed by atoms with Crippen molar-refractivity contribution in [3.8, 4) is 11.5 Å². The zero-order valence-electron chi connectivity index (χ0n) is 14.6. The molecule has 0 aromatic heterocycles. The second-order valence-electron chi connectivity index (χ2n) is 6.07. The van der Waals surface area contributed by atoms with Crippen molar-refractivity contribution in [2.24, 2.45) is 0 Å². The van der Waals surface area contributed by atoms with Crippen molar-refractivity contribution in [1.82, 2.24) is 0 Å². The number of ether oxygens (including phenoxy) is 4. The SMILES string of the molecule is COc1ccc(C2=C(OC(F)(F)F)C(C)=C[CH]C2)cc1OC1CCCO1. The first-order valence-corrected chi connectivity index (χ1v) is 8.33.